The van der Waals surface area contributed by atoms with Crippen molar-refractivity contribution in [3.8, 4) is 0 Å². The van der Waals surface area contributed by atoms with Crippen LogP contribution < -0.4 is 10.6 Å². The number of halogens is 1. The summed E-state index contributed by atoms with van der Waals surface area (Å²) in [6, 6.07) is 7.19. The molecule has 1 saturated carbocycles. The number of guanidine groups is 1. The number of hydrogen-bond acceptors (Lipinski definition) is 2. The summed E-state index contributed by atoms with van der Waals surface area (Å²) in [7, 11) is 1.80. The van der Waals surface area contributed by atoms with Gasteiger partial charge in [0.15, 0.2) is 5.96 Å². The van der Waals surface area contributed by atoms with Gasteiger partial charge in [-0.2, -0.15) is 0 Å². The minimum atomic E-state index is -0.186. The summed E-state index contributed by atoms with van der Waals surface area (Å²) in [6.45, 7) is 0.842. The van der Waals surface area contributed by atoms with Gasteiger partial charge in [-0.3, -0.25) is 4.99 Å². The molecule has 2 rings (SSSR count). The van der Waals surface area contributed by atoms with Gasteiger partial charge in [-0.1, -0.05) is 12.8 Å². The van der Waals surface area contributed by atoms with Gasteiger partial charge in [0.05, 0.1) is 0 Å². The number of hydrogen-bond donors (Lipinski definition) is 2. The van der Waals surface area contributed by atoms with Gasteiger partial charge in [-0.25, -0.2) is 4.39 Å². The molecule has 0 amide bonds. The molecule has 2 N–H and O–H groups in total. The lowest BCUT2D eigenvalue weighted by atomic mass is 10.2. The Morgan fingerprint density at radius 3 is 2.65 bits per heavy atom. The summed E-state index contributed by atoms with van der Waals surface area (Å²) in [5.74, 6) is 1.63. The zero-order valence-corrected chi connectivity index (χ0v) is 12.7. The highest BCUT2D eigenvalue weighted by Crippen LogP contribution is 2.18. The molecule has 0 bridgehead atoms. The second kappa shape index (κ2) is 8.15. The number of nitrogens with one attached hydrogen (secondary N) is 2. The predicted octanol–water partition coefficient (Wildman–Crippen LogP) is 3.03. The lowest BCUT2D eigenvalue weighted by Gasteiger charge is -2.16. The van der Waals surface area contributed by atoms with Gasteiger partial charge in [-0.15, -0.1) is 11.8 Å². The third-order valence-electron chi connectivity index (χ3n) is 3.40. The third kappa shape index (κ3) is 5.04. The Morgan fingerprint density at radius 2 is 2.00 bits per heavy atom. The summed E-state index contributed by atoms with van der Waals surface area (Å²) in [5, 5.41) is 6.77. The SMILES string of the molecule is CN=C(NCCSc1ccc(F)cc1)NC1CCCC1. The Kier molecular flexibility index (Phi) is 6.18. The fraction of sp³-hybridized carbons (Fsp3) is 0.533. The van der Waals surface area contributed by atoms with Crippen molar-refractivity contribution in [2.24, 2.45) is 4.99 Å². The van der Waals surface area contributed by atoms with Crippen LogP contribution >= 0.6 is 11.8 Å². The van der Waals surface area contributed by atoms with Gasteiger partial charge < -0.3 is 10.6 Å². The van der Waals surface area contributed by atoms with Gasteiger partial charge in [0.25, 0.3) is 0 Å². The molecule has 1 fully saturated rings. The quantitative estimate of drug-likeness (QED) is 0.379. The predicted molar refractivity (Wildman–Crippen MR) is 83.9 cm³/mol. The highest BCUT2D eigenvalue weighted by Gasteiger charge is 2.15. The average Bonchev–Trinajstić information content (AvgIpc) is 2.97. The van der Waals surface area contributed by atoms with Crippen molar-refractivity contribution in [1.82, 2.24) is 10.6 Å². The number of benzene rings is 1. The van der Waals surface area contributed by atoms with Crippen molar-refractivity contribution < 1.29 is 4.39 Å². The maximum absolute atomic E-state index is 12.8. The van der Waals surface area contributed by atoms with Crippen molar-refractivity contribution >= 4 is 17.7 Å². The lowest BCUT2D eigenvalue weighted by molar-refractivity contribution is 0.616. The Balaban J connectivity index is 1.64. The first-order chi connectivity index (χ1) is 9.78. The van der Waals surface area contributed by atoms with Crippen LogP contribution in [-0.4, -0.2) is 31.3 Å². The Hall–Kier alpha value is -1.23. The van der Waals surface area contributed by atoms with E-state index in [9.17, 15) is 4.39 Å². The van der Waals surface area contributed by atoms with Crippen molar-refractivity contribution in [3.63, 3.8) is 0 Å². The van der Waals surface area contributed by atoms with Crippen LogP contribution in [0, 0.1) is 5.82 Å². The van der Waals surface area contributed by atoms with Crippen LogP contribution in [0.2, 0.25) is 0 Å². The zero-order chi connectivity index (χ0) is 14.2. The maximum Gasteiger partial charge on any atom is 0.191 e. The van der Waals surface area contributed by atoms with Crippen LogP contribution in [0.4, 0.5) is 4.39 Å². The fourth-order valence-electron chi connectivity index (χ4n) is 2.33. The second-order valence-electron chi connectivity index (χ2n) is 4.93. The topological polar surface area (TPSA) is 36.4 Å². The van der Waals surface area contributed by atoms with E-state index >= 15 is 0 Å². The minimum Gasteiger partial charge on any atom is -0.356 e. The molecule has 0 spiro atoms. The van der Waals surface area contributed by atoms with E-state index < -0.39 is 0 Å². The summed E-state index contributed by atoms with van der Waals surface area (Å²) in [5.41, 5.74) is 0. The van der Waals surface area contributed by atoms with Crippen LogP contribution in [0.3, 0.4) is 0 Å². The molecule has 1 aromatic rings. The molecule has 1 aliphatic rings. The normalized spacial score (nSPS) is 16.4. The first-order valence-corrected chi connectivity index (χ1v) is 8.12. The van der Waals surface area contributed by atoms with Crippen molar-refractivity contribution in [2.75, 3.05) is 19.3 Å². The van der Waals surface area contributed by atoms with E-state index in [-0.39, 0.29) is 5.82 Å². The smallest absolute Gasteiger partial charge is 0.191 e. The number of aliphatic imine (C=N–C) groups is 1. The molecule has 0 heterocycles. The van der Waals surface area contributed by atoms with Crippen LogP contribution in [0.15, 0.2) is 34.2 Å². The third-order valence-corrected chi connectivity index (χ3v) is 4.41. The molecule has 20 heavy (non-hydrogen) atoms. The molecule has 1 aliphatic carbocycles. The lowest BCUT2D eigenvalue weighted by Crippen LogP contribution is -2.43. The van der Waals surface area contributed by atoms with Crippen molar-refractivity contribution in [3.05, 3.63) is 30.1 Å². The molecule has 0 radical (unpaired) electrons. The van der Waals surface area contributed by atoms with Gasteiger partial charge in [0, 0.05) is 30.3 Å². The van der Waals surface area contributed by atoms with E-state index in [1.807, 2.05) is 12.1 Å². The zero-order valence-electron chi connectivity index (χ0n) is 11.9. The molecular weight excluding hydrogens is 273 g/mol. The second-order valence-corrected chi connectivity index (χ2v) is 6.10. The first kappa shape index (κ1) is 15.2. The summed E-state index contributed by atoms with van der Waals surface area (Å²) >= 11 is 1.71. The van der Waals surface area contributed by atoms with E-state index in [0.29, 0.717) is 6.04 Å². The molecule has 110 valence electrons. The molecule has 0 aliphatic heterocycles. The summed E-state index contributed by atoms with van der Waals surface area (Å²) < 4.78 is 12.8. The molecule has 1 aromatic carbocycles. The number of rotatable bonds is 5. The largest absolute Gasteiger partial charge is 0.356 e. The van der Waals surface area contributed by atoms with E-state index in [4.69, 9.17) is 0 Å². The van der Waals surface area contributed by atoms with Crippen LogP contribution in [0.1, 0.15) is 25.7 Å². The van der Waals surface area contributed by atoms with Gasteiger partial charge in [0.1, 0.15) is 5.82 Å². The van der Waals surface area contributed by atoms with E-state index in [0.717, 1.165) is 23.2 Å². The van der Waals surface area contributed by atoms with E-state index in [2.05, 4.69) is 15.6 Å². The Bertz CT molecular complexity index is 427. The average molecular weight is 295 g/mol. The minimum absolute atomic E-state index is 0.186. The molecule has 0 saturated heterocycles. The molecular formula is C15H22FN3S. The van der Waals surface area contributed by atoms with E-state index in [1.165, 1.54) is 37.8 Å². The van der Waals surface area contributed by atoms with Gasteiger partial charge in [0.2, 0.25) is 0 Å². The summed E-state index contributed by atoms with van der Waals surface area (Å²) in [4.78, 5) is 5.33. The molecule has 0 unspecified atom stereocenters. The highest BCUT2D eigenvalue weighted by atomic mass is 32.2. The number of nitrogens with zero attached hydrogens (tertiary/aromatic N) is 1. The van der Waals surface area contributed by atoms with Gasteiger partial charge >= 0.3 is 0 Å². The van der Waals surface area contributed by atoms with E-state index in [1.54, 1.807) is 18.8 Å². The van der Waals surface area contributed by atoms with Crippen molar-refractivity contribution in [1.29, 1.82) is 0 Å². The number of thioether (sulfide) groups is 1. The monoisotopic (exact) mass is 295 g/mol. The van der Waals surface area contributed by atoms with Crippen LogP contribution in [0.25, 0.3) is 0 Å². The molecule has 0 atom stereocenters. The fourth-order valence-corrected chi connectivity index (χ4v) is 3.10. The molecule has 0 aromatic heterocycles. The van der Waals surface area contributed by atoms with Gasteiger partial charge in [-0.05, 0) is 37.1 Å². The standard InChI is InChI=1S/C15H22FN3S/c1-17-15(19-13-4-2-3-5-13)18-10-11-20-14-8-6-12(16)7-9-14/h6-9,13H,2-5,10-11H2,1H3,(H2,17,18,19). The van der Waals surface area contributed by atoms with Crippen molar-refractivity contribution in [2.45, 2.75) is 36.6 Å². The molecule has 3 nitrogen and oxygen atoms in total. The highest BCUT2D eigenvalue weighted by molar-refractivity contribution is 7.99. The maximum atomic E-state index is 12.8. The van der Waals surface area contributed by atoms with Crippen LogP contribution in [-0.2, 0) is 0 Å². The van der Waals surface area contributed by atoms with Crippen LogP contribution in [0.5, 0.6) is 0 Å². The first-order valence-electron chi connectivity index (χ1n) is 7.13. The summed E-state index contributed by atoms with van der Waals surface area (Å²) in [6.07, 6.45) is 5.11. The Morgan fingerprint density at radius 1 is 1.30 bits per heavy atom. The molecule has 5 heteroatoms. The Labute approximate surface area is 124 Å².